The van der Waals surface area contributed by atoms with Gasteiger partial charge in [-0.15, -0.1) is 11.3 Å². The summed E-state index contributed by atoms with van der Waals surface area (Å²) in [6.07, 6.45) is 5.01. The highest BCUT2D eigenvalue weighted by Gasteiger charge is 2.35. The summed E-state index contributed by atoms with van der Waals surface area (Å²) in [6, 6.07) is 11.0. The Kier molecular flexibility index (Phi) is 4.44. The second kappa shape index (κ2) is 6.85. The molecule has 3 atom stereocenters. The Morgan fingerprint density at radius 1 is 0.964 bits per heavy atom. The maximum Gasteiger partial charge on any atom is 0.0970 e. The van der Waals surface area contributed by atoms with Crippen LogP contribution in [0.25, 0.3) is 32.9 Å². The van der Waals surface area contributed by atoms with Gasteiger partial charge in [0.05, 0.1) is 11.0 Å². The molecule has 4 heteroatoms. The van der Waals surface area contributed by atoms with Gasteiger partial charge in [0.15, 0.2) is 0 Å². The van der Waals surface area contributed by atoms with Gasteiger partial charge in [0, 0.05) is 43.4 Å². The summed E-state index contributed by atoms with van der Waals surface area (Å²) in [5, 5.41) is 3.81. The molecule has 142 valence electrons. The zero-order valence-electron chi connectivity index (χ0n) is 16.7. The van der Waals surface area contributed by atoms with Crippen molar-refractivity contribution in [1.29, 1.82) is 0 Å². The molecule has 2 unspecified atom stereocenters. The molecule has 0 bridgehead atoms. The van der Waals surface area contributed by atoms with Crippen LogP contribution in [0.15, 0.2) is 42.7 Å². The summed E-state index contributed by atoms with van der Waals surface area (Å²) in [5.41, 5.74) is 6.30. The Balaban J connectivity index is 1.97. The van der Waals surface area contributed by atoms with Crippen molar-refractivity contribution in [2.75, 3.05) is 0 Å². The Morgan fingerprint density at radius 3 is 2.25 bits per heavy atom. The van der Waals surface area contributed by atoms with Crippen molar-refractivity contribution in [3.05, 3.63) is 58.0 Å². The molecule has 3 aromatic heterocycles. The zero-order valence-corrected chi connectivity index (χ0v) is 18.3. The summed E-state index contributed by atoms with van der Waals surface area (Å²) in [4.78, 5) is 12.3. The van der Waals surface area contributed by atoms with Gasteiger partial charge in [0.25, 0.3) is 0 Å². The van der Waals surface area contributed by atoms with Crippen LogP contribution < -0.4 is 0 Å². The highest BCUT2D eigenvalue weighted by molar-refractivity contribution is 8.00. The van der Waals surface area contributed by atoms with Crippen LogP contribution in [0.3, 0.4) is 0 Å². The van der Waals surface area contributed by atoms with Gasteiger partial charge in [-0.25, -0.2) is 0 Å². The molecule has 1 aliphatic heterocycles. The minimum atomic E-state index is 0.533. The minimum absolute atomic E-state index is 0.533. The van der Waals surface area contributed by atoms with E-state index in [2.05, 4.69) is 69.8 Å². The zero-order chi connectivity index (χ0) is 19.4. The van der Waals surface area contributed by atoms with E-state index in [1.807, 2.05) is 23.7 Å². The molecule has 4 aromatic rings. The predicted octanol–water partition coefficient (Wildman–Crippen LogP) is 7.13. The molecule has 2 nitrogen and oxygen atoms in total. The van der Waals surface area contributed by atoms with Crippen molar-refractivity contribution in [2.24, 2.45) is 0 Å². The van der Waals surface area contributed by atoms with Crippen LogP contribution in [0.4, 0.5) is 0 Å². The van der Waals surface area contributed by atoms with E-state index in [0.29, 0.717) is 16.4 Å². The summed E-state index contributed by atoms with van der Waals surface area (Å²) >= 11 is 4.01. The van der Waals surface area contributed by atoms with Crippen molar-refractivity contribution in [3.8, 4) is 11.1 Å². The van der Waals surface area contributed by atoms with Crippen molar-refractivity contribution in [3.63, 3.8) is 0 Å². The molecule has 1 aliphatic rings. The molecular formula is C24H24N2S2. The van der Waals surface area contributed by atoms with Crippen LogP contribution in [0, 0.1) is 13.8 Å². The third-order valence-electron chi connectivity index (χ3n) is 5.95. The van der Waals surface area contributed by atoms with Crippen molar-refractivity contribution >= 4 is 44.9 Å². The number of benzene rings is 1. The molecule has 1 saturated heterocycles. The Hall–Kier alpha value is -1.91. The first-order valence-electron chi connectivity index (χ1n) is 9.92. The SMILES string of the molecule is Cc1cc(-c2c(C3CC(C)S[C@H]3C)c3cccnc3c3ncccc23)c(C)s1. The fourth-order valence-electron chi connectivity index (χ4n) is 4.86. The maximum absolute atomic E-state index is 4.78. The second-order valence-corrected chi connectivity index (χ2v) is 11.2. The van der Waals surface area contributed by atoms with Crippen molar-refractivity contribution in [2.45, 2.75) is 50.5 Å². The number of fused-ring (bicyclic) bond motifs is 3. The van der Waals surface area contributed by atoms with Crippen LogP contribution in [-0.4, -0.2) is 20.5 Å². The summed E-state index contributed by atoms with van der Waals surface area (Å²) in [6.45, 7) is 9.22. The topological polar surface area (TPSA) is 25.8 Å². The minimum Gasteiger partial charge on any atom is -0.254 e. The lowest BCUT2D eigenvalue weighted by Gasteiger charge is -2.23. The average Bonchev–Trinajstić information content (AvgIpc) is 3.20. The van der Waals surface area contributed by atoms with E-state index in [9.17, 15) is 0 Å². The Labute approximate surface area is 174 Å². The van der Waals surface area contributed by atoms with Gasteiger partial charge in [-0.1, -0.05) is 26.0 Å². The van der Waals surface area contributed by atoms with Crippen molar-refractivity contribution < 1.29 is 0 Å². The molecule has 1 aromatic carbocycles. The normalized spacial score (nSPS) is 22.4. The number of thioether (sulfide) groups is 1. The molecular weight excluding hydrogens is 380 g/mol. The number of thiophene rings is 1. The molecule has 4 heterocycles. The molecule has 0 amide bonds. The van der Waals surface area contributed by atoms with Crippen LogP contribution in [-0.2, 0) is 0 Å². The standard InChI is InChI=1S/C24H24N2S2/c1-13-11-19(15(3)27-13)21-17-7-5-9-25-23(17)24-18(8-6-10-26-24)22(21)20-12-14(2)28-16(20)4/h5-11,14,16,20H,12H2,1-4H3/t14?,16-,20?/m0/s1. The average molecular weight is 405 g/mol. The van der Waals surface area contributed by atoms with Gasteiger partial charge >= 0.3 is 0 Å². The van der Waals surface area contributed by atoms with E-state index in [1.165, 1.54) is 43.6 Å². The van der Waals surface area contributed by atoms with E-state index >= 15 is 0 Å². The fourth-order valence-corrected chi connectivity index (χ4v) is 7.28. The summed E-state index contributed by atoms with van der Waals surface area (Å²) < 4.78 is 0. The number of rotatable bonds is 2. The van der Waals surface area contributed by atoms with Crippen LogP contribution in [0.1, 0.15) is 41.5 Å². The first kappa shape index (κ1) is 18.1. The fraction of sp³-hybridized carbons (Fsp3) is 0.333. The van der Waals surface area contributed by atoms with Crippen LogP contribution >= 0.6 is 23.1 Å². The lowest BCUT2D eigenvalue weighted by Crippen LogP contribution is -2.09. The number of nitrogens with zero attached hydrogens (tertiary/aromatic N) is 2. The van der Waals surface area contributed by atoms with Crippen LogP contribution in [0.5, 0.6) is 0 Å². The Bertz CT molecular complexity index is 1190. The number of aromatic nitrogens is 2. The monoisotopic (exact) mass is 404 g/mol. The summed E-state index contributed by atoms with van der Waals surface area (Å²) in [5.74, 6) is 0.533. The number of aryl methyl sites for hydroxylation is 2. The summed E-state index contributed by atoms with van der Waals surface area (Å²) in [7, 11) is 0. The number of hydrogen-bond acceptors (Lipinski definition) is 4. The molecule has 1 fully saturated rings. The molecule has 5 rings (SSSR count). The van der Waals surface area contributed by atoms with E-state index < -0.39 is 0 Å². The number of pyridine rings is 2. The van der Waals surface area contributed by atoms with Gasteiger partial charge in [0.2, 0.25) is 0 Å². The lowest BCUT2D eigenvalue weighted by molar-refractivity contribution is 0.663. The molecule has 28 heavy (non-hydrogen) atoms. The molecule has 0 N–H and O–H groups in total. The largest absolute Gasteiger partial charge is 0.254 e. The number of hydrogen-bond donors (Lipinski definition) is 0. The third kappa shape index (κ3) is 2.77. The van der Waals surface area contributed by atoms with E-state index in [-0.39, 0.29) is 0 Å². The first-order valence-corrected chi connectivity index (χ1v) is 11.7. The molecule has 0 spiro atoms. The van der Waals surface area contributed by atoms with E-state index in [4.69, 9.17) is 9.97 Å². The van der Waals surface area contributed by atoms with Gasteiger partial charge in [0.1, 0.15) is 0 Å². The molecule has 0 aliphatic carbocycles. The molecule has 0 saturated carbocycles. The predicted molar refractivity (Wildman–Crippen MR) is 124 cm³/mol. The maximum atomic E-state index is 4.78. The smallest absolute Gasteiger partial charge is 0.0970 e. The quantitative estimate of drug-likeness (QED) is 0.332. The van der Waals surface area contributed by atoms with Gasteiger partial charge in [-0.3, -0.25) is 9.97 Å². The van der Waals surface area contributed by atoms with E-state index in [1.54, 1.807) is 0 Å². The Morgan fingerprint density at radius 2 is 1.64 bits per heavy atom. The van der Waals surface area contributed by atoms with Crippen molar-refractivity contribution in [1.82, 2.24) is 9.97 Å². The van der Waals surface area contributed by atoms with Crippen LogP contribution in [0.2, 0.25) is 0 Å². The third-order valence-corrected chi connectivity index (χ3v) is 8.33. The van der Waals surface area contributed by atoms with Gasteiger partial charge in [-0.2, -0.15) is 11.8 Å². The van der Waals surface area contributed by atoms with E-state index in [0.717, 1.165) is 11.0 Å². The molecule has 0 radical (unpaired) electrons. The highest BCUT2D eigenvalue weighted by Crippen LogP contribution is 2.51. The first-order chi connectivity index (χ1) is 13.5. The van der Waals surface area contributed by atoms with Gasteiger partial charge < -0.3 is 0 Å². The van der Waals surface area contributed by atoms with Gasteiger partial charge in [-0.05, 0) is 61.1 Å². The second-order valence-electron chi connectivity index (χ2n) is 7.91. The highest BCUT2D eigenvalue weighted by atomic mass is 32.2. The lowest BCUT2D eigenvalue weighted by atomic mass is 9.81.